The number of alkyl halides is 7. The lowest BCUT2D eigenvalue weighted by molar-refractivity contribution is -0.228. The molecule has 5 atom stereocenters. The van der Waals surface area contributed by atoms with E-state index in [4.69, 9.17) is 0 Å². The lowest BCUT2D eigenvalue weighted by atomic mass is 9.73. The molecular formula is C28H44BrF6N3O. The van der Waals surface area contributed by atoms with E-state index < -0.39 is 36.5 Å². The zero-order chi connectivity index (χ0) is 28.2. The van der Waals surface area contributed by atoms with Crippen LogP contribution < -0.4 is 5.32 Å². The molecule has 1 N–H and O–H groups in total. The maximum atomic E-state index is 13.6. The number of amides is 1. The summed E-state index contributed by atoms with van der Waals surface area (Å²) in [6, 6.07) is 0.295. The topological polar surface area (TPSA) is 35.6 Å². The Morgan fingerprint density at radius 2 is 1.36 bits per heavy atom. The zero-order valence-corrected chi connectivity index (χ0v) is 24.3. The van der Waals surface area contributed by atoms with Gasteiger partial charge in [-0.05, 0) is 63.2 Å². The SMILES string of the molecule is O=C(NCCC1CC(C(F)(F)F)CC(C(F)(F)F)C1)C(C1CCCCC1Br)N1CCN(C2CCCCC2)CC1. The number of rotatable bonds is 7. The van der Waals surface area contributed by atoms with E-state index in [1.807, 2.05) is 0 Å². The molecule has 0 aromatic carbocycles. The molecule has 0 aromatic heterocycles. The van der Waals surface area contributed by atoms with Crippen LogP contribution in [0.5, 0.6) is 0 Å². The molecule has 3 saturated carbocycles. The largest absolute Gasteiger partial charge is 0.391 e. The number of carbonyl (C=O) groups excluding carboxylic acids is 1. The zero-order valence-electron chi connectivity index (χ0n) is 22.7. The van der Waals surface area contributed by atoms with Crippen molar-refractivity contribution in [2.24, 2.45) is 23.7 Å². The van der Waals surface area contributed by atoms with Gasteiger partial charge in [-0.1, -0.05) is 48.0 Å². The fourth-order valence-corrected chi connectivity index (χ4v) is 8.52. The predicted molar refractivity (Wildman–Crippen MR) is 143 cm³/mol. The van der Waals surface area contributed by atoms with E-state index in [9.17, 15) is 31.1 Å². The Kier molecular flexibility index (Phi) is 11.0. The lowest BCUT2D eigenvalue weighted by Gasteiger charge is -2.46. The monoisotopic (exact) mass is 631 g/mol. The van der Waals surface area contributed by atoms with Crippen LogP contribution in [0, 0.1) is 23.7 Å². The van der Waals surface area contributed by atoms with Gasteiger partial charge in [0.15, 0.2) is 0 Å². The molecule has 1 saturated heterocycles. The van der Waals surface area contributed by atoms with Crippen LogP contribution in [0.25, 0.3) is 0 Å². The normalized spacial score (nSPS) is 33.6. The Labute approximate surface area is 237 Å². The van der Waals surface area contributed by atoms with E-state index in [-0.39, 0.29) is 48.5 Å². The quantitative estimate of drug-likeness (QED) is 0.245. The molecule has 1 aliphatic heterocycles. The summed E-state index contributed by atoms with van der Waals surface area (Å²) in [4.78, 5) is 18.7. The predicted octanol–water partition coefficient (Wildman–Crippen LogP) is 6.92. The van der Waals surface area contributed by atoms with Gasteiger partial charge in [0.2, 0.25) is 5.91 Å². The second-order valence-electron chi connectivity index (χ2n) is 12.4. The number of nitrogens with zero attached hydrogens (tertiary/aromatic N) is 2. The van der Waals surface area contributed by atoms with Crippen molar-refractivity contribution in [3.8, 4) is 0 Å². The molecule has 11 heteroatoms. The van der Waals surface area contributed by atoms with Crippen molar-refractivity contribution in [1.82, 2.24) is 15.1 Å². The Bertz CT molecular complexity index is 760. The highest BCUT2D eigenvalue weighted by atomic mass is 79.9. The highest BCUT2D eigenvalue weighted by Crippen LogP contribution is 2.48. The van der Waals surface area contributed by atoms with Crippen LogP contribution in [-0.2, 0) is 4.79 Å². The van der Waals surface area contributed by atoms with Gasteiger partial charge in [0.25, 0.3) is 0 Å². The van der Waals surface area contributed by atoms with Gasteiger partial charge in [-0.2, -0.15) is 26.3 Å². The molecule has 0 radical (unpaired) electrons. The van der Waals surface area contributed by atoms with Crippen molar-refractivity contribution >= 4 is 21.8 Å². The van der Waals surface area contributed by atoms with E-state index in [2.05, 4.69) is 31.0 Å². The summed E-state index contributed by atoms with van der Waals surface area (Å²) in [5.41, 5.74) is 0. The molecule has 39 heavy (non-hydrogen) atoms. The van der Waals surface area contributed by atoms with Crippen LogP contribution in [0.15, 0.2) is 0 Å². The van der Waals surface area contributed by atoms with Gasteiger partial charge >= 0.3 is 12.4 Å². The van der Waals surface area contributed by atoms with Crippen molar-refractivity contribution in [3.63, 3.8) is 0 Å². The molecule has 0 spiro atoms. The number of hydrogen-bond acceptors (Lipinski definition) is 3. The Morgan fingerprint density at radius 1 is 0.795 bits per heavy atom. The maximum absolute atomic E-state index is 13.6. The highest BCUT2D eigenvalue weighted by molar-refractivity contribution is 9.09. The van der Waals surface area contributed by atoms with Gasteiger partial charge in [0, 0.05) is 43.6 Å². The first-order chi connectivity index (χ1) is 18.4. The molecule has 3 aliphatic carbocycles. The highest BCUT2D eigenvalue weighted by Gasteiger charge is 2.51. The number of halogens is 7. The second-order valence-corrected chi connectivity index (χ2v) is 13.6. The average Bonchev–Trinajstić information content (AvgIpc) is 2.90. The van der Waals surface area contributed by atoms with E-state index in [0.717, 1.165) is 51.9 Å². The molecule has 4 nitrogen and oxygen atoms in total. The number of nitrogens with one attached hydrogen (secondary N) is 1. The van der Waals surface area contributed by atoms with Gasteiger partial charge in [0.05, 0.1) is 17.9 Å². The molecular weight excluding hydrogens is 588 g/mol. The Balaban J connectivity index is 1.36. The van der Waals surface area contributed by atoms with E-state index in [1.165, 1.54) is 32.1 Å². The van der Waals surface area contributed by atoms with Gasteiger partial charge in [0.1, 0.15) is 0 Å². The van der Waals surface area contributed by atoms with Crippen molar-refractivity contribution < 1.29 is 31.1 Å². The minimum Gasteiger partial charge on any atom is -0.355 e. The maximum Gasteiger partial charge on any atom is 0.391 e. The molecule has 226 valence electrons. The van der Waals surface area contributed by atoms with Crippen LogP contribution in [0.3, 0.4) is 0 Å². The molecule has 0 bridgehead atoms. The smallest absolute Gasteiger partial charge is 0.355 e. The first kappa shape index (κ1) is 31.4. The van der Waals surface area contributed by atoms with E-state index >= 15 is 0 Å². The summed E-state index contributed by atoms with van der Waals surface area (Å²) in [6.07, 6.45) is -0.207. The van der Waals surface area contributed by atoms with Gasteiger partial charge in [-0.15, -0.1) is 0 Å². The first-order valence-corrected chi connectivity index (χ1v) is 15.9. The summed E-state index contributed by atoms with van der Waals surface area (Å²) >= 11 is 3.82. The number of piperazine rings is 1. The number of carbonyl (C=O) groups is 1. The molecule has 4 aliphatic rings. The third-order valence-corrected chi connectivity index (χ3v) is 11.0. The summed E-state index contributed by atoms with van der Waals surface area (Å²) in [7, 11) is 0. The summed E-state index contributed by atoms with van der Waals surface area (Å²) < 4.78 is 80.3. The van der Waals surface area contributed by atoms with Crippen LogP contribution in [0.1, 0.15) is 83.5 Å². The van der Waals surface area contributed by atoms with Crippen LogP contribution >= 0.6 is 15.9 Å². The van der Waals surface area contributed by atoms with Crippen molar-refractivity contribution in [3.05, 3.63) is 0 Å². The average molecular weight is 633 g/mol. The molecule has 5 unspecified atom stereocenters. The van der Waals surface area contributed by atoms with E-state index in [1.54, 1.807) is 0 Å². The van der Waals surface area contributed by atoms with Gasteiger partial charge in [-0.25, -0.2) is 0 Å². The first-order valence-electron chi connectivity index (χ1n) is 15.0. The van der Waals surface area contributed by atoms with Crippen LogP contribution in [0.4, 0.5) is 26.3 Å². The van der Waals surface area contributed by atoms with E-state index in [0.29, 0.717) is 6.04 Å². The lowest BCUT2D eigenvalue weighted by Crippen LogP contribution is -2.60. The van der Waals surface area contributed by atoms with Gasteiger partial charge < -0.3 is 5.32 Å². The van der Waals surface area contributed by atoms with Crippen molar-refractivity contribution in [2.75, 3.05) is 32.7 Å². The van der Waals surface area contributed by atoms with Crippen LogP contribution in [0.2, 0.25) is 0 Å². The Hall–Kier alpha value is -0.550. The minimum absolute atomic E-state index is 0.108. The third kappa shape index (κ3) is 8.49. The Morgan fingerprint density at radius 3 is 1.92 bits per heavy atom. The molecule has 0 aromatic rings. The third-order valence-electron chi connectivity index (χ3n) is 9.82. The summed E-state index contributed by atoms with van der Waals surface area (Å²) in [5, 5.41) is 2.95. The number of hydrogen-bond donors (Lipinski definition) is 1. The standard InChI is InChI=1S/C28H44BrF6N3O/c29-24-9-5-4-8-23(24)25(38-14-12-37(13-15-38)22-6-2-1-3-7-22)26(39)36-11-10-19-16-20(27(30,31)32)18-21(17-19)28(33,34)35/h19-25H,1-18H2,(H,36,39). The summed E-state index contributed by atoms with van der Waals surface area (Å²) in [5.74, 6) is -4.59. The molecule has 1 heterocycles. The summed E-state index contributed by atoms with van der Waals surface area (Å²) in [6.45, 7) is 3.56. The molecule has 4 rings (SSSR count). The second kappa shape index (κ2) is 13.6. The molecule has 4 fully saturated rings. The van der Waals surface area contributed by atoms with Crippen LogP contribution in [-0.4, -0.2) is 77.7 Å². The fraction of sp³-hybridized carbons (Fsp3) is 0.964. The van der Waals surface area contributed by atoms with Gasteiger partial charge in [-0.3, -0.25) is 14.6 Å². The molecule has 1 amide bonds. The fourth-order valence-electron chi connectivity index (χ4n) is 7.64. The van der Waals surface area contributed by atoms with Crippen molar-refractivity contribution in [1.29, 1.82) is 0 Å². The minimum atomic E-state index is -4.64. The van der Waals surface area contributed by atoms with Crippen molar-refractivity contribution in [2.45, 2.75) is 113 Å².